The van der Waals surface area contributed by atoms with Crippen molar-refractivity contribution in [2.75, 3.05) is 13.7 Å². The first-order valence-corrected chi connectivity index (χ1v) is 12.2. The van der Waals surface area contributed by atoms with Crippen LogP contribution in [0.4, 0.5) is 4.39 Å². The second-order valence-corrected chi connectivity index (χ2v) is 9.01. The second-order valence-electron chi connectivity index (χ2n) is 8.18. The zero-order valence-corrected chi connectivity index (χ0v) is 20.0. The molecule has 0 radical (unpaired) electrons. The summed E-state index contributed by atoms with van der Waals surface area (Å²) >= 11 is 1.55. The first-order valence-electron chi connectivity index (χ1n) is 11.3. The van der Waals surface area contributed by atoms with Crippen LogP contribution in [0.25, 0.3) is 16.2 Å². The number of ether oxygens (including phenoxy) is 1. The van der Waals surface area contributed by atoms with Crippen molar-refractivity contribution in [1.82, 2.24) is 14.3 Å². The van der Waals surface area contributed by atoms with Crippen LogP contribution in [0.3, 0.4) is 0 Å². The fourth-order valence-electron chi connectivity index (χ4n) is 4.07. The van der Waals surface area contributed by atoms with Gasteiger partial charge in [-0.15, -0.1) is 11.3 Å². The lowest BCUT2D eigenvalue weighted by molar-refractivity contribution is 0.0741. The lowest BCUT2D eigenvalue weighted by Crippen LogP contribution is -2.33. The standard InChI is InChI=1S/C28H24FN3O2S/c1-34-26-10-6-5-9-24(26)27(33)31(17-20-7-3-2-4-8-20)16-15-23-19-35-28-30-25(18-32(23)28)21-11-13-22(29)14-12-21/h2-14,18-19H,15-17H2,1H3. The minimum Gasteiger partial charge on any atom is -0.496 e. The maximum atomic E-state index is 13.6. The SMILES string of the molecule is COc1ccccc1C(=O)N(CCc1csc2nc(-c3ccc(F)cc3)cn12)Cc1ccccc1. The third-order valence-corrected chi connectivity index (χ3v) is 6.79. The van der Waals surface area contributed by atoms with Crippen molar-refractivity contribution < 1.29 is 13.9 Å². The van der Waals surface area contributed by atoms with Crippen LogP contribution in [0.5, 0.6) is 5.75 Å². The molecule has 5 aromatic rings. The highest BCUT2D eigenvalue weighted by Gasteiger charge is 2.20. The van der Waals surface area contributed by atoms with Crippen molar-refractivity contribution >= 4 is 22.2 Å². The van der Waals surface area contributed by atoms with Crippen molar-refractivity contribution in [3.05, 3.63) is 113 Å². The van der Waals surface area contributed by atoms with Crippen molar-refractivity contribution in [3.63, 3.8) is 0 Å². The Kier molecular flexibility index (Phi) is 6.59. The Morgan fingerprint density at radius 2 is 1.77 bits per heavy atom. The Bertz CT molecular complexity index is 1440. The molecule has 0 unspecified atom stereocenters. The summed E-state index contributed by atoms with van der Waals surface area (Å²) in [5.74, 6) is 0.219. The van der Waals surface area contributed by atoms with Crippen LogP contribution in [0.2, 0.25) is 0 Å². The van der Waals surface area contributed by atoms with Gasteiger partial charge in [-0.05, 0) is 42.0 Å². The number of carbonyl (C=O) groups is 1. The Labute approximate surface area is 207 Å². The van der Waals surface area contributed by atoms with Gasteiger partial charge >= 0.3 is 0 Å². The number of aromatic nitrogens is 2. The molecule has 35 heavy (non-hydrogen) atoms. The van der Waals surface area contributed by atoms with E-state index in [0.717, 1.165) is 27.5 Å². The van der Waals surface area contributed by atoms with Gasteiger partial charge in [0.1, 0.15) is 11.6 Å². The number of para-hydroxylation sites is 1. The molecule has 2 aromatic heterocycles. The lowest BCUT2D eigenvalue weighted by atomic mass is 10.1. The predicted octanol–water partition coefficient (Wildman–Crippen LogP) is 6.10. The van der Waals surface area contributed by atoms with E-state index < -0.39 is 0 Å². The molecule has 0 aliphatic carbocycles. The number of thiazole rings is 1. The molecule has 0 atom stereocenters. The van der Waals surface area contributed by atoms with Gasteiger partial charge in [-0.2, -0.15) is 0 Å². The first-order chi connectivity index (χ1) is 17.1. The van der Waals surface area contributed by atoms with Crippen molar-refractivity contribution in [2.45, 2.75) is 13.0 Å². The number of carbonyl (C=O) groups excluding carboxylic acids is 1. The summed E-state index contributed by atoms with van der Waals surface area (Å²) in [5.41, 5.74) is 4.33. The number of hydrogen-bond donors (Lipinski definition) is 0. The number of rotatable bonds is 8. The van der Waals surface area contributed by atoms with E-state index in [0.29, 0.717) is 30.8 Å². The topological polar surface area (TPSA) is 46.8 Å². The number of halogens is 1. The monoisotopic (exact) mass is 485 g/mol. The van der Waals surface area contributed by atoms with E-state index in [1.165, 1.54) is 12.1 Å². The maximum absolute atomic E-state index is 13.6. The van der Waals surface area contributed by atoms with Gasteiger partial charge in [-0.1, -0.05) is 42.5 Å². The molecule has 0 saturated heterocycles. The molecule has 5 rings (SSSR count). The van der Waals surface area contributed by atoms with E-state index in [2.05, 4.69) is 9.78 Å². The van der Waals surface area contributed by atoms with E-state index in [-0.39, 0.29) is 11.7 Å². The van der Waals surface area contributed by atoms with Gasteiger partial charge in [0.2, 0.25) is 0 Å². The molecule has 2 heterocycles. The van der Waals surface area contributed by atoms with Gasteiger partial charge in [0, 0.05) is 42.3 Å². The molecule has 0 spiro atoms. The highest BCUT2D eigenvalue weighted by atomic mass is 32.1. The molecule has 5 nitrogen and oxygen atoms in total. The first kappa shape index (κ1) is 22.8. The van der Waals surface area contributed by atoms with Crippen molar-refractivity contribution in [2.24, 2.45) is 0 Å². The summed E-state index contributed by atoms with van der Waals surface area (Å²) in [6, 6.07) is 23.6. The molecular formula is C28H24FN3O2S. The highest BCUT2D eigenvalue weighted by molar-refractivity contribution is 7.15. The third-order valence-electron chi connectivity index (χ3n) is 5.90. The van der Waals surface area contributed by atoms with E-state index in [1.54, 1.807) is 42.7 Å². The van der Waals surface area contributed by atoms with Crippen LogP contribution in [-0.4, -0.2) is 33.8 Å². The average molecular weight is 486 g/mol. The average Bonchev–Trinajstić information content (AvgIpc) is 3.48. The van der Waals surface area contributed by atoms with Gasteiger partial charge in [-0.3, -0.25) is 9.20 Å². The smallest absolute Gasteiger partial charge is 0.257 e. The van der Waals surface area contributed by atoms with E-state index in [1.807, 2.05) is 53.6 Å². The van der Waals surface area contributed by atoms with Gasteiger partial charge in [0.25, 0.3) is 5.91 Å². The van der Waals surface area contributed by atoms with E-state index in [4.69, 9.17) is 9.72 Å². The van der Waals surface area contributed by atoms with Crippen LogP contribution in [0, 0.1) is 5.82 Å². The number of benzene rings is 3. The van der Waals surface area contributed by atoms with E-state index in [9.17, 15) is 9.18 Å². The molecule has 0 bridgehead atoms. The lowest BCUT2D eigenvalue weighted by Gasteiger charge is -2.24. The molecule has 7 heteroatoms. The zero-order chi connectivity index (χ0) is 24.2. The normalized spacial score (nSPS) is 11.0. The predicted molar refractivity (Wildman–Crippen MR) is 136 cm³/mol. The molecule has 0 aliphatic heterocycles. The molecular weight excluding hydrogens is 461 g/mol. The number of imidazole rings is 1. The highest BCUT2D eigenvalue weighted by Crippen LogP contribution is 2.25. The van der Waals surface area contributed by atoms with Crippen molar-refractivity contribution in [3.8, 4) is 17.0 Å². The van der Waals surface area contributed by atoms with Crippen LogP contribution < -0.4 is 4.74 Å². The maximum Gasteiger partial charge on any atom is 0.257 e. The third kappa shape index (κ3) is 4.95. The molecule has 0 fully saturated rings. The van der Waals surface area contributed by atoms with Gasteiger partial charge in [0.05, 0.1) is 18.4 Å². The minimum atomic E-state index is -0.270. The summed E-state index contributed by atoms with van der Waals surface area (Å²) in [6.07, 6.45) is 2.63. The Morgan fingerprint density at radius 1 is 1.03 bits per heavy atom. The number of fused-ring (bicyclic) bond motifs is 1. The number of amides is 1. The molecule has 1 amide bonds. The summed E-state index contributed by atoms with van der Waals surface area (Å²) < 4.78 is 20.8. The summed E-state index contributed by atoms with van der Waals surface area (Å²) in [5, 5.41) is 2.07. The molecule has 176 valence electrons. The zero-order valence-electron chi connectivity index (χ0n) is 19.2. The molecule has 3 aromatic carbocycles. The van der Waals surface area contributed by atoms with Gasteiger partial charge < -0.3 is 9.64 Å². The number of methoxy groups -OCH3 is 1. The van der Waals surface area contributed by atoms with Crippen LogP contribution in [0.15, 0.2) is 90.4 Å². The van der Waals surface area contributed by atoms with Crippen LogP contribution >= 0.6 is 11.3 Å². The quantitative estimate of drug-likeness (QED) is 0.267. The van der Waals surface area contributed by atoms with Crippen molar-refractivity contribution in [1.29, 1.82) is 0 Å². The molecule has 0 aliphatic rings. The second kappa shape index (κ2) is 10.1. The molecule has 0 N–H and O–H groups in total. The Balaban J connectivity index is 1.40. The number of nitrogens with zero attached hydrogens (tertiary/aromatic N) is 3. The summed E-state index contributed by atoms with van der Waals surface area (Å²) in [6.45, 7) is 1.03. The minimum absolute atomic E-state index is 0.0737. The molecule has 0 saturated carbocycles. The Morgan fingerprint density at radius 3 is 2.54 bits per heavy atom. The Hall–Kier alpha value is -3.97. The van der Waals surface area contributed by atoms with Crippen LogP contribution in [-0.2, 0) is 13.0 Å². The summed E-state index contributed by atoms with van der Waals surface area (Å²) in [7, 11) is 1.58. The van der Waals surface area contributed by atoms with Gasteiger partial charge in [-0.25, -0.2) is 9.37 Å². The van der Waals surface area contributed by atoms with E-state index >= 15 is 0 Å². The van der Waals surface area contributed by atoms with Gasteiger partial charge in [0.15, 0.2) is 4.96 Å². The number of hydrogen-bond acceptors (Lipinski definition) is 4. The fourth-order valence-corrected chi connectivity index (χ4v) is 4.97. The van der Waals surface area contributed by atoms with Crippen LogP contribution in [0.1, 0.15) is 21.6 Å². The fraction of sp³-hybridized carbons (Fsp3) is 0.143. The summed E-state index contributed by atoms with van der Waals surface area (Å²) in [4.78, 5) is 21.0. The largest absolute Gasteiger partial charge is 0.496 e.